The molecule has 1 saturated heterocycles. The van der Waals surface area contributed by atoms with Gasteiger partial charge in [0.25, 0.3) is 0 Å². The molecule has 0 spiro atoms. The normalized spacial score (nSPS) is 19.3. The Kier molecular flexibility index (Phi) is 7.21. The smallest absolute Gasteiger partial charge is 0.549 e. The van der Waals surface area contributed by atoms with Gasteiger partial charge in [-0.1, -0.05) is 0 Å². The second-order valence-electron chi connectivity index (χ2n) is 5.16. The minimum absolute atomic E-state index is 0. The van der Waals surface area contributed by atoms with Crippen LogP contribution in [-0.2, 0) is 9.53 Å². The van der Waals surface area contributed by atoms with E-state index in [1.165, 1.54) is 0 Å². The molecule has 0 aromatic heterocycles. The third-order valence-corrected chi connectivity index (χ3v) is 2.38. The fourth-order valence-corrected chi connectivity index (χ4v) is 1.65. The Hall–Kier alpha value is -0.300. The molecule has 98 valence electrons. The quantitative estimate of drug-likeness (QED) is 0.533. The van der Waals surface area contributed by atoms with Crippen molar-refractivity contribution in [2.24, 2.45) is 0 Å². The van der Waals surface area contributed by atoms with Gasteiger partial charge >= 0.3 is 35.7 Å². The number of ether oxygens (including phenoxy) is 1. The minimum Gasteiger partial charge on any atom is -0.549 e. The summed E-state index contributed by atoms with van der Waals surface area (Å²) in [5.74, 6) is -1.14. The fourth-order valence-electron chi connectivity index (χ4n) is 1.65. The van der Waals surface area contributed by atoms with Gasteiger partial charge in [-0.3, -0.25) is 0 Å². The van der Waals surface area contributed by atoms with Crippen molar-refractivity contribution in [3.8, 4) is 0 Å². The van der Waals surface area contributed by atoms with Crippen molar-refractivity contribution in [2.75, 3.05) is 19.6 Å². The van der Waals surface area contributed by atoms with E-state index in [0.29, 0.717) is 13.1 Å². The summed E-state index contributed by atoms with van der Waals surface area (Å²) in [5, 5.41) is 13.1. The van der Waals surface area contributed by atoms with Crippen molar-refractivity contribution in [2.45, 2.75) is 38.8 Å². The van der Waals surface area contributed by atoms with Crippen LogP contribution in [0.4, 0.5) is 4.79 Å². The van der Waals surface area contributed by atoms with E-state index in [-0.39, 0.29) is 48.2 Å². The summed E-state index contributed by atoms with van der Waals surface area (Å²) in [7, 11) is 0. The molecule has 0 bridgehead atoms. The predicted octanol–water partition coefficient (Wildman–Crippen LogP) is -3.66. The fraction of sp³-hybridized carbons (Fsp3) is 0.818. The molecule has 0 radical (unpaired) electrons. The van der Waals surface area contributed by atoms with E-state index in [0.717, 1.165) is 6.42 Å². The summed E-state index contributed by atoms with van der Waals surface area (Å²) in [6, 6.07) is 0.000387. The van der Waals surface area contributed by atoms with Crippen molar-refractivity contribution in [1.29, 1.82) is 0 Å². The molecule has 6 nitrogen and oxygen atoms in total. The first-order valence-corrected chi connectivity index (χ1v) is 5.69. The zero-order valence-electron chi connectivity index (χ0n) is 11.5. The van der Waals surface area contributed by atoms with E-state index in [1.54, 1.807) is 4.90 Å². The third-order valence-electron chi connectivity index (χ3n) is 2.38. The summed E-state index contributed by atoms with van der Waals surface area (Å²) in [6.07, 6.45) is 0.377. The number of likely N-dealkylation sites (tertiary alicyclic amines) is 1. The molecular formula is C11H19N2NaO4. The van der Waals surface area contributed by atoms with Gasteiger partial charge in [0.1, 0.15) is 5.60 Å². The first kappa shape index (κ1) is 17.7. The summed E-state index contributed by atoms with van der Waals surface area (Å²) in [5.41, 5.74) is -0.506. The number of carbonyl (C=O) groups is 2. The summed E-state index contributed by atoms with van der Waals surface area (Å²) in [4.78, 5) is 23.6. The molecule has 0 aromatic rings. The average molecular weight is 266 g/mol. The minimum atomic E-state index is -1.14. The Balaban J connectivity index is 0.00000289. The largest absolute Gasteiger partial charge is 1.00 e. The SMILES string of the molecule is CC(C)(C)OC(=O)N1CCC(NCC(=O)[O-])C1.[Na+]. The second kappa shape index (κ2) is 7.33. The van der Waals surface area contributed by atoms with E-state index in [1.807, 2.05) is 20.8 Å². The standard InChI is InChI=1S/C11H20N2O4.Na/c1-11(2,3)17-10(16)13-5-4-8(7-13)12-6-9(14)15;/h8,12H,4-7H2,1-3H3,(H,14,15);/q;+1/p-1. The number of nitrogens with one attached hydrogen (secondary N) is 1. The Labute approximate surface area is 129 Å². The molecule has 7 heteroatoms. The van der Waals surface area contributed by atoms with Gasteiger partial charge < -0.3 is 24.9 Å². The number of rotatable bonds is 3. The molecule has 1 atom stereocenters. The van der Waals surface area contributed by atoms with Gasteiger partial charge in [0, 0.05) is 25.7 Å². The van der Waals surface area contributed by atoms with Crippen molar-refractivity contribution in [1.82, 2.24) is 10.2 Å². The van der Waals surface area contributed by atoms with Crippen molar-refractivity contribution in [3.05, 3.63) is 0 Å². The van der Waals surface area contributed by atoms with E-state index < -0.39 is 11.6 Å². The van der Waals surface area contributed by atoms with Gasteiger partial charge in [-0.2, -0.15) is 0 Å². The van der Waals surface area contributed by atoms with Crippen LogP contribution in [0, 0.1) is 0 Å². The molecule has 1 amide bonds. The Morgan fingerprint density at radius 1 is 1.44 bits per heavy atom. The number of nitrogens with zero attached hydrogens (tertiary/aromatic N) is 1. The first-order valence-electron chi connectivity index (χ1n) is 5.69. The molecular weight excluding hydrogens is 247 g/mol. The summed E-state index contributed by atoms with van der Waals surface area (Å²) in [6.45, 7) is 6.31. The van der Waals surface area contributed by atoms with Crippen molar-refractivity contribution >= 4 is 12.1 Å². The molecule has 0 saturated carbocycles. The van der Waals surface area contributed by atoms with Crippen LogP contribution >= 0.6 is 0 Å². The maximum atomic E-state index is 11.7. The molecule has 0 aliphatic carbocycles. The number of amides is 1. The van der Waals surface area contributed by atoms with Gasteiger partial charge in [0.15, 0.2) is 0 Å². The number of hydrogen-bond acceptors (Lipinski definition) is 5. The van der Waals surface area contributed by atoms with Gasteiger partial charge in [-0.25, -0.2) is 4.79 Å². The third kappa shape index (κ3) is 6.58. The molecule has 1 rings (SSSR count). The molecule has 0 aromatic carbocycles. The van der Waals surface area contributed by atoms with Crippen LogP contribution in [0.1, 0.15) is 27.2 Å². The van der Waals surface area contributed by atoms with E-state index >= 15 is 0 Å². The number of aliphatic carboxylic acids is 1. The van der Waals surface area contributed by atoms with Crippen molar-refractivity contribution in [3.63, 3.8) is 0 Å². The molecule has 1 heterocycles. The molecule has 1 N–H and O–H groups in total. The number of hydrogen-bond donors (Lipinski definition) is 1. The summed E-state index contributed by atoms with van der Waals surface area (Å²) >= 11 is 0. The van der Waals surface area contributed by atoms with E-state index in [4.69, 9.17) is 4.74 Å². The van der Waals surface area contributed by atoms with Crippen LogP contribution in [0.2, 0.25) is 0 Å². The van der Waals surface area contributed by atoms with Gasteiger partial charge in [0.2, 0.25) is 0 Å². The van der Waals surface area contributed by atoms with Crippen LogP contribution in [-0.4, -0.2) is 48.2 Å². The average Bonchev–Trinajstić information content (AvgIpc) is 2.60. The topological polar surface area (TPSA) is 81.7 Å². The Morgan fingerprint density at radius 3 is 2.56 bits per heavy atom. The Morgan fingerprint density at radius 2 is 2.06 bits per heavy atom. The van der Waals surface area contributed by atoms with Crippen LogP contribution < -0.4 is 40.0 Å². The van der Waals surface area contributed by atoms with Crippen LogP contribution in [0.15, 0.2) is 0 Å². The Bertz CT molecular complexity index is 304. The number of carboxylic acids is 1. The monoisotopic (exact) mass is 266 g/mol. The summed E-state index contributed by atoms with van der Waals surface area (Å²) < 4.78 is 5.23. The molecule has 1 unspecified atom stereocenters. The van der Waals surface area contributed by atoms with E-state index in [2.05, 4.69) is 5.32 Å². The molecule has 1 aliphatic rings. The van der Waals surface area contributed by atoms with Crippen LogP contribution in [0.5, 0.6) is 0 Å². The number of carbonyl (C=O) groups excluding carboxylic acids is 2. The van der Waals surface area contributed by atoms with E-state index in [9.17, 15) is 14.7 Å². The van der Waals surface area contributed by atoms with Gasteiger partial charge in [-0.05, 0) is 27.2 Å². The first-order chi connectivity index (χ1) is 7.78. The van der Waals surface area contributed by atoms with Crippen LogP contribution in [0.25, 0.3) is 0 Å². The molecule has 1 aliphatic heterocycles. The van der Waals surface area contributed by atoms with Crippen molar-refractivity contribution < 1.29 is 49.0 Å². The zero-order chi connectivity index (χ0) is 13.1. The maximum Gasteiger partial charge on any atom is 1.00 e. The second-order valence-corrected chi connectivity index (χ2v) is 5.16. The van der Waals surface area contributed by atoms with Gasteiger partial charge in [0.05, 0.1) is 5.97 Å². The number of carboxylic acid groups (broad SMARTS) is 1. The molecule has 18 heavy (non-hydrogen) atoms. The predicted molar refractivity (Wildman–Crippen MR) is 59.2 cm³/mol. The molecule has 1 fully saturated rings. The van der Waals surface area contributed by atoms with Gasteiger partial charge in [-0.15, -0.1) is 0 Å². The maximum absolute atomic E-state index is 11.7. The zero-order valence-corrected chi connectivity index (χ0v) is 13.5. The van der Waals surface area contributed by atoms with Crippen LogP contribution in [0.3, 0.4) is 0 Å².